The highest BCUT2D eigenvalue weighted by Crippen LogP contribution is 2.24. The zero-order valence-electron chi connectivity index (χ0n) is 11.8. The van der Waals surface area contributed by atoms with Crippen LogP contribution in [0.5, 0.6) is 0 Å². The van der Waals surface area contributed by atoms with E-state index in [1.807, 2.05) is 19.1 Å². The minimum Gasteiger partial charge on any atom is -0.478 e. The van der Waals surface area contributed by atoms with E-state index in [2.05, 4.69) is 24.2 Å². The summed E-state index contributed by atoms with van der Waals surface area (Å²) < 4.78 is 0. The molecule has 1 aliphatic heterocycles. The van der Waals surface area contributed by atoms with Crippen molar-refractivity contribution < 1.29 is 9.90 Å². The first-order valence-corrected chi connectivity index (χ1v) is 6.76. The van der Waals surface area contributed by atoms with E-state index in [4.69, 9.17) is 0 Å². The van der Waals surface area contributed by atoms with Gasteiger partial charge in [-0.1, -0.05) is 13.0 Å². The van der Waals surface area contributed by atoms with Gasteiger partial charge in [-0.25, -0.2) is 4.79 Å². The molecule has 0 radical (unpaired) electrons. The van der Waals surface area contributed by atoms with Gasteiger partial charge in [0.1, 0.15) is 0 Å². The predicted octanol–water partition coefficient (Wildman–Crippen LogP) is 2.45. The van der Waals surface area contributed by atoms with E-state index in [1.54, 1.807) is 6.07 Å². The summed E-state index contributed by atoms with van der Waals surface area (Å²) in [6.45, 7) is 6.29. The van der Waals surface area contributed by atoms with Crippen molar-refractivity contribution in [2.45, 2.75) is 26.3 Å². The molecule has 2 N–H and O–H groups in total. The zero-order valence-corrected chi connectivity index (χ0v) is 11.8. The van der Waals surface area contributed by atoms with Gasteiger partial charge in [-0.15, -0.1) is 0 Å². The number of hydrogen-bond donors (Lipinski definition) is 2. The molecular weight excluding hydrogens is 240 g/mol. The van der Waals surface area contributed by atoms with Crippen LogP contribution in [-0.4, -0.2) is 42.2 Å². The van der Waals surface area contributed by atoms with E-state index in [0.717, 1.165) is 30.8 Å². The molecule has 0 aromatic heterocycles. The maximum absolute atomic E-state index is 11.3. The van der Waals surface area contributed by atoms with Crippen LogP contribution >= 0.6 is 0 Å². The Bertz CT molecular complexity index is 473. The third-order valence-electron chi connectivity index (χ3n) is 3.85. The minimum atomic E-state index is -0.872. The van der Waals surface area contributed by atoms with Crippen LogP contribution in [0, 0.1) is 12.8 Å². The van der Waals surface area contributed by atoms with Gasteiger partial charge in [0.25, 0.3) is 0 Å². The second kappa shape index (κ2) is 5.61. The van der Waals surface area contributed by atoms with Gasteiger partial charge in [0.15, 0.2) is 0 Å². The molecule has 0 amide bonds. The van der Waals surface area contributed by atoms with Crippen molar-refractivity contribution in [3.05, 3.63) is 29.3 Å². The largest absolute Gasteiger partial charge is 0.478 e. The van der Waals surface area contributed by atoms with E-state index in [9.17, 15) is 9.90 Å². The van der Waals surface area contributed by atoms with Gasteiger partial charge in [-0.2, -0.15) is 0 Å². The van der Waals surface area contributed by atoms with Crippen molar-refractivity contribution in [2.75, 3.05) is 25.5 Å². The molecule has 2 rings (SSSR count). The van der Waals surface area contributed by atoms with Crippen LogP contribution in [0.25, 0.3) is 0 Å². The number of nitrogens with one attached hydrogen (secondary N) is 1. The van der Waals surface area contributed by atoms with E-state index in [0.29, 0.717) is 17.5 Å². The molecule has 2 atom stereocenters. The summed E-state index contributed by atoms with van der Waals surface area (Å²) in [7, 11) is 2.13. The summed E-state index contributed by atoms with van der Waals surface area (Å²) in [6.07, 6.45) is 1.05. The standard InChI is InChI=1S/C15H22N2O2/c1-10-4-5-12(15(18)19)14(8-10)16-13-6-7-17(3)9-11(13)2/h4-5,8,11,13,16H,6-7,9H2,1-3H3,(H,18,19). The second-order valence-corrected chi connectivity index (χ2v) is 5.63. The van der Waals surface area contributed by atoms with E-state index >= 15 is 0 Å². The average molecular weight is 262 g/mol. The Hall–Kier alpha value is -1.55. The van der Waals surface area contributed by atoms with Crippen molar-refractivity contribution >= 4 is 11.7 Å². The lowest BCUT2D eigenvalue weighted by Gasteiger charge is -2.36. The molecule has 19 heavy (non-hydrogen) atoms. The Kier molecular flexibility index (Phi) is 4.10. The number of carboxylic acid groups (broad SMARTS) is 1. The fourth-order valence-corrected chi connectivity index (χ4v) is 2.73. The Morgan fingerprint density at radius 2 is 2.21 bits per heavy atom. The number of carboxylic acids is 1. The number of anilines is 1. The Balaban J connectivity index is 2.18. The first-order chi connectivity index (χ1) is 8.97. The summed E-state index contributed by atoms with van der Waals surface area (Å²) in [5.74, 6) is -0.357. The topological polar surface area (TPSA) is 52.6 Å². The van der Waals surface area contributed by atoms with Crippen molar-refractivity contribution in [3.8, 4) is 0 Å². The van der Waals surface area contributed by atoms with Gasteiger partial charge in [0.05, 0.1) is 5.56 Å². The lowest BCUT2D eigenvalue weighted by Crippen LogP contribution is -2.43. The summed E-state index contributed by atoms with van der Waals surface area (Å²) in [4.78, 5) is 13.6. The quantitative estimate of drug-likeness (QED) is 0.878. The van der Waals surface area contributed by atoms with E-state index < -0.39 is 5.97 Å². The van der Waals surface area contributed by atoms with Crippen LogP contribution < -0.4 is 5.32 Å². The van der Waals surface area contributed by atoms with Gasteiger partial charge in [0, 0.05) is 18.3 Å². The van der Waals surface area contributed by atoms with Crippen LogP contribution in [0.3, 0.4) is 0 Å². The number of aryl methyl sites for hydroxylation is 1. The highest BCUT2D eigenvalue weighted by Gasteiger charge is 2.25. The van der Waals surface area contributed by atoms with Gasteiger partial charge >= 0.3 is 5.97 Å². The zero-order chi connectivity index (χ0) is 14.0. The first-order valence-electron chi connectivity index (χ1n) is 6.76. The fraction of sp³-hybridized carbons (Fsp3) is 0.533. The number of nitrogens with zero attached hydrogens (tertiary/aromatic N) is 1. The van der Waals surface area contributed by atoms with Crippen LogP contribution in [0.4, 0.5) is 5.69 Å². The molecule has 104 valence electrons. The van der Waals surface area contributed by atoms with Gasteiger partial charge in [0.2, 0.25) is 0 Å². The smallest absolute Gasteiger partial charge is 0.337 e. The van der Waals surface area contributed by atoms with Crippen molar-refractivity contribution in [1.82, 2.24) is 4.90 Å². The number of aromatic carboxylic acids is 1. The highest BCUT2D eigenvalue weighted by atomic mass is 16.4. The third-order valence-corrected chi connectivity index (χ3v) is 3.85. The molecule has 0 saturated carbocycles. The first kappa shape index (κ1) is 13.9. The number of benzene rings is 1. The summed E-state index contributed by atoms with van der Waals surface area (Å²) in [5.41, 5.74) is 2.18. The summed E-state index contributed by atoms with van der Waals surface area (Å²) >= 11 is 0. The predicted molar refractivity (Wildman–Crippen MR) is 76.8 cm³/mol. The highest BCUT2D eigenvalue weighted by molar-refractivity contribution is 5.94. The molecule has 4 heteroatoms. The molecule has 4 nitrogen and oxygen atoms in total. The summed E-state index contributed by atoms with van der Waals surface area (Å²) in [6, 6.07) is 5.79. The van der Waals surface area contributed by atoms with Gasteiger partial charge < -0.3 is 15.3 Å². The molecule has 1 aromatic carbocycles. The van der Waals surface area contributed by atoms with Crippen molar-refractivity contribution in [1.29, 1.82) is 0 Å². The van der Waals surface area contributed by atoms with Crippen LogP contribution in [-0.2, 0) is 0 Å². The van der Waals surface area contributed by atoms with Crippen LogP contribution in [0.15, 0.2) is 18.2 Å². The summed E-state index contributed by atoms with van der Waals surface area (Å²) in [5, 5.41) is 12.7. The molecule has 0 bridgehead atoms. The van der Waals surface area contributed by atoms with Crippen molar-refractivity contribution in [3.63, 3.8) is 0 Å². The maximum atomic E-state index is 11.3. The SMILES string of the molecule is Cc1ccc(C(=O)O)c(NC2CCN(C)CC2C)c1. The second-order valence-electron chi connectivity index (χ2n) is 5.63. The maximum Gasteiger partial charge on any atom is 0.337 e. The fourth-order valence-electron chi connectivity index (χ4n) is 2.73. The molecule has 1 heterocycles. The van der Waals surface area contributed by atoms with Crippen LogP contribution in [0.2, 0.25) is 0 Å². The molecule has 1 fully saturated rings. The van der Waals surface area contributed by atoms with Crippen molar-refractivity contribution in [2.24, 2.45) is 5.92 Å². The van der Waals surface area contributed by atoms with E-state index in [1.165, 1.54) is 0 Å². The lowest BCUT2D eigenvalue weighted by atomic mass is 9.93. The average Bonchev–Trinajstić information content (AvgIpc) is 2.32. The molecule has 2 unspecified atom stereocenters. The number of likely N-dealkylation sites (tertiary alicyclic amines) is 1. The Labute approximate surface area is 114 Å². The third kappa shape index (κ3) is 3.26. The van der Waals surface area contributed by atoms with Gasteiger partial charge in [-0.05, 0) is 50.6 Å². The van der Waals surface area contributed by atoms with Gasteiger partial charge in [-0.3, -0.25) is 0 Å². The number of rotatable bonds is 3. The lowest BCUT2D eigenvalue weighted by molar-refractivity contribution is 0.0697. The molecule has 0 spiro atoms. The normalized spacial score (nSPS) is 24.2. The number of carbonyl (C=O) groups is 1. The van der Waals surface area contributed by atoms with E-state index in [-0.39, 0.29) is 0 Å². The minimum absolute atomic E-state index is 0.344. The monoisotopic (exact) mass is 262 g/mol. The number of hydrogen-bond acceptors (Lipinski definition) is 3. The molecule has 1 saturated heterocycles. The molecule has 0 aliphatic carbocycles. The Morgan fingerprint density at radius 3 is 2.84 bits per heavy atom. The van der Waals surface area contributed by atoms with Crippen LogP contribution in [0.1, 0.15) is 29.3 Å². The molecular formula is C15H22N2O2. The molecule has 1 aliphatic rings. The Morgan fingerprint density at radius 1 is 1.47 bits per heavy atom. The molecule has 1 aromatic rings. The number of piperidine rings is 1.